The van der Waals surface area contributed by atoms with Crippen LogP contribution in [0.2, 0.25) is 0 Å². The summed E-state index contributed by atoms with van der Waals surface area (Å²) in [5.74, 6) is 0. The smallest absolute Gasteiger partial charge is 0.410 e. The summed E-state index contributed by atoms with van der Waals surface area (Å²) in [6.45, 7) is 9.36. The van der Waals surface area contributed by atoms with E-state index in [2.05, 4.69) is 5.10 Å². The van der Waals surface area contributed by atoms with E-state index in [0.29, 0.717) is 6.54 Å². The summed E-state index contributed by atoms with van der Waals surface area (Å²) >= 11 is 0. The highest BCUT2D eigenvalue weighted by molar-refractivity contribution is 5.67. The molecule has 0 aliphatic carbocycles. The lowest BCUT2D eigenvalue weighted by Gasteiger charge is -2.31. The average Bonchev–Trinajstić information content (AvgIpc) is 2.75. The fourth-order valence-electron chi connectivity index (χ4n) is 1.80. The third-order valence-corrected chi connectivity index (χ3v) is 2.73. The van der Waals surface area contributed by atoms with Crippen LogP contribution in [0.1, 0.15) is 34.6 Å². The summed E-state index contributed by atoms with van der Waals surface area (Å²) in [5, 5.41) is 14.7. The highest BCUT2D eigenvalue weighted by Gasteiger charge is 2.29. The Balaban J connectivity index is 2.79. The first-order valence-electron chi connectivity index (χ1n) is 6.56. The zero-order valence-electron chi connectivity index (χ0n) is 13.3. The molecule has 1 heterocycles. The van der Waals surface area contributed by atoms with Crippen LogP contribution in [0.5, 0.6) is 0 Å². The minimum absolute atomic E-state index is 0.0806. The van der Waals surface area contributed by atoms with Gasteiger partial charge in [0.15, 0.2) is 0 Å². The minimum Gasteiger partial charge on any atom is -0.444 e. The van der Waals surface area contributed by atoms with E-state index >= 15 is 0 Å². The molecule has 0 fully saturated rings. The van der Waals surface area contributed by atoms with Crippen LogP contribution in [-0.4, -0.2) is 44.9 Å². The zero-order valence-corrected chi connectivity index (χ0v) is 13.3. The summed E-state index contributed by atoms with van der Waals surface area (Å²) in [6, 6.07) is 0. The maximum Gasteiger partial charge on any atom is 0.410 e. The molecule has 0 aromatic carbocycles. The lowest BCUT2D eigenvalue weighted by Crippen LogP contribution is -2.44. The molecule has 1 amide bonds. The maximum absolute atomic E-state index is 11.9. The van der Waals surface area contributed by atoms with Gasteiger partial charge in [0.2, 0.25) is 0 Å². The van der Waals surface area contributed by atoms with E-state index in [-0.39, 0.29) is 5.69 Å². The molecule has 0 aliphatic heterocycles. The summed E-state index contributed by atoms with van der Waals surface area (Å²) in [5.41, 5.74) is -1.25. The molecule has 0 radical (unpaired) electrons. The van der Waals surface area contributed by atoms with E-state index in [4.69, 9.17) is 4.74 Å². The van der Waals surface area contributed by atoms with Crippen molar-refractivity contribution in [2.24, 2.45) is 0 Å². The van der Waals surface area contributed by atoms with Crippen LogP contribution in [0.4, 0.5) is 10.5 Å². The van der Waals surface area contributed by atoms with Gasteiger partial charge in [0, 0.05) is 13.6 Å². The van der Waals surface area contributed by atoms with E-state index in [1.807, 2.05) is 13.8 Å². The van der Waals surface area contributed by atoms with Crippen molar-refractivity contribution >= 4 is 11.8 Å². The van der Waals surface area contributed by atoms with Crippen LogP contribution in [0.3, 0.4) is 0 Å². The molecule has 1 rings (SSSR count). The third kappa shape index (κ3) is 4.73. The molecular formula is C13H22N4O4. The van der Waals surface area contributed by atoms with Crippen LogP contribution < -0.4 is 0 Å². The Morgan fingerprint density at radius 3 is 2.43 bits per heavy atom. The van der Waals surface area contributed by atoms with Crippen LogP contribution in [-0.2, 0) is 10.3 Å². The van der Waals surface area contributed by atoms with E-state index < -0.39 is 22.2 Å². The average molecular weight is 298 g/mol. The predicted octanol–water partition coefficient (Wildman–Crippen LogP) is 2.39. The molecule has 21 heavy (non-hydrogen) atoms. The van der Waals surface area contributed by atoms with Crippen molar-refractivity contribution in [2.75, 3.05) is 13.6 Å². The van der Waals surface area contributed by atoms with Gasteiger partial charge in [-0.3, -0.25) is 14.8 Å². The molecule has 1 aromatic rings. The van der Waals surface area contributed by atoms with Gasteiger partial charge in [-0.2, -0.15) is 5.10 Å². The lowest BCUT2D eigenvalue weighted by atomic mass is 10.1. The molecule has 1 aromatic heterocycles. The molecule has 0 saturated carbocycles. The monoisotopic (exact) mass is 298 g/mol. The standard InChI is InChI=1S/C13H22N4O4/c1-12(2,3)21-11(18)15(6)9-13(4,5)16-8-10(7-14-16)17(19)20/h7-8H,9H2,1-6H3. The Labute approximate surface area is 123 Å². The van der Waals surface area contributed by atoms with Crippen molar-refractivity contribution in [1.82, 2.24) is 14.7 Å². The normalized spacial score (nSPS) is 12.1. The van der Waals surface area contributed by atoms with E-state index in [1.54, 1.807) is 27.8 Å². The highest BCUT2D eigenvalue weighted by atomic mass is 16.6. The van der Waals surface area contributed by atoms with Gasteiger partial charge in [0.1, 0.15) is 18.0 Å². The van der Waals surface area contributed by atoms with Crippen molar-refractivity contribution in [2.45, 2.75) is 45.8 Å². The van der Waals surface area contributed by atoms with Crippen LogP contribution in [0, 0.1) is 10.1 Å². The molecule has 0 unspecified atom stereocenters. The topological polar surface area (TPSA) is 90.5 Å². The summed E-state index contributed by atoms with van der Waals surface area (Å²) in [6.07, 6.45) is 2.09. The van der Waals surface area contributed by atoms with Gasteiger partial charge in [-0.15, -0.1) is 0 Å². The Kier molecular flexibility index (Phi) is 4.60. The largest absolute Gasteiger partial charge is 0.444 e. The van der Waals surface area contributed by atoms with Crippen LogP contribution in [0.25, 0.3) is 0 Å². The number of aromatic nitrogens is 2. The van der Waals surface area contributed by atoms with Gasteiger partial charge in [0.05, 0.1) is 10.5 Å². The maximum atomic E-state index is 11.9. The van der Waals surface area contributed by atoms with Crippen LogP contribution in [0.15, 0.2) is 12.4 Å². The molecule has 8 nitrogen and oxygen atoms in total. The first-order chi connectivity index (χ1) is 9.42. The molecule has 0 spiro atoms. The number of carbonyl (C=O) groups excluding carboxylic acids is 1. The van der Waals surface area contributed by atoms with Crippen molar-refractivity contribution in [3.05, 3.63) is 22.5 Å². The molecule has 0 N–H and O–H groups in total. The molecule has 0 atom stereocenters. The number of hydrogen-bond donors (Lipinski definition) is 0. The van der Waals surface area contributed by atoms with Gasteiger partial charge >= 0.3 is 11.8 Å². The molecule has 0 bridgehead atoms. The van der Waals surface area contributed by atoms with Gasteiger partial charge in [-0.1, -0.05) is 0 Å². The second-order valence-electron chi connectivity index (χ2n) is 6.55. The van der Waals surface area contributed by atoms with Crippen molar-refractivity contribution in [1.29, 1.82) is 0 Å². The summed E-state index contributed by atoms with van der Waals surface area (Å²) in [7, 11) is 1.62. The van der Waals surface area contributed by atoms with Crippen LogP contribution >= 0.6 is 0 Å². The van der Waals surface area contributed by atoms with E-state index in [0.717, 1.165) is 0 Å². The van der Waals surface area contributed by atoms with Gasteiger partial charge in [0.25, 0.3) is 0 Å². The molecule has 0 saturated heterocycles. The number of amides is 1. The quantitative estimate of drug-likeness (QED) is 0.628. The fraction of sp³-hybridized carbons (Fsp3) is 0.692. The van der Waals surface area contributed by atoms with Crippen molar-refractivity contribution in [3.63, 3.8) is 0 Å². The second-order valence-corrected chi connectivity index (χ2v) is 6.55. The number of hydrogen-bond acceptors (Lipinski definition) is 5. The van der Waals surface area contributed by atoms with E-state index in [1.165, 1.54) is 22.0 Å². The van der Waals surface area contributed by atoms with E-state index in [9.17, 15) is 14.9 Å². The highest BCUT2D eigenvalue weighted by Crippen LogP contribution is 2.20. The number of likely N-dealkylation sites (N-methyl/N-ethyl adjacent to an activating group) is 1. The molecule has 0 aliphatic rings. The minimum atomic E-state index is -0.597. The number of carbonyl (C=O) groups is 1. The third-order valence-electron chi connectivity index (χ3n) is 2.73. The lowest BCUT2D eigenvalue weighted by molar-refractivity contribution is -0.385. The number of nitro groups is 1. The number of rotatable bonds is 4. The van der Waals surface area contributed by atoms with Gasteiger partial charge < -0.3 is 9.64 Å². The Morgan fingerprint density at radius 2 is 2.00 bits per heavy atom. The number of ether oxygens (including phenoxy) is 1. The summed E-state index contributed by atoms with van der Waals surface area (Å²) in [4.78, 5) is 23.6. The Bertz CT molecular complexity index is 531. The molecular weight excluding hydrogens is 276 g/mol. The zero-order chi connectivity index (χ0) is 16.4. The first-order valence-corrected chi connectivity index (χ1v) is 6.56. The Hall–Kier alpha value is -2.12. The fourth-order valence-corrected chi connectivity index (χ4v) is 1.80. The molecule has 8 heteroatoms. The van der Waals surface area contributed by atoms with Gasteiger partial charge in [-0.25, -0.2) is 4.79 Å². The SMILES string of the molecule is CN(CC(C)(C)n1cc([N+](=O)[O-])cn1)C(=O)OC(C)(C)C. The summed E-state index contributed by atoms with van der Waals surface area (Å²) < 4.78 is 6.75. The first kappa shape index (κ1) is 16.9. The Morgan fingerprint density at radius 1 is 1.43 bits per heavy atom. The predicted molar refractivity (Wildman–Crippen MR) is 77.1 cm³/mol. The van der Waals surface area contributed by atoms with Gasteiger partial charge in [-0.05, 0) is 34.6 Å². The van der Waals surface area contributed by atoms with Crippen molar-refractivity contribution in [3.8, 4) is 0 Å². The number of nitrogens with zero attached hydrogens (tertiary/aromatic N) is 4. The second kappa shape index (κ2) is 5.71. The molecule has 118 valence electrons. The van der Waals surface area contributed by atoms with Crippen molar-refractivity contribution < 1.29 is 14.5 Å².